The van der Waals surface area contributed by atoms with Gasteiger partial charge in [0.25, 0.3) is 10.1 Å². The number of benzene rings is 2. The van der Waals surface area contributed by atoms with Crippen LogP contribution in [0.5, 0.6) is 0 Å². The Morgan fingerprint density at radius 3 is 1.62 bits per heavy atom. The van der Waals surface area contributed by atoms with Gasteiger partial charge in [-0.15, -0.1) is 0 Å². The molecule has 10 nitrogen and oxygen atoms in total. The van der Waals surface area contributed by atoms with Crippen molar-refractivity contribution in [2.24, 2.45) is 0 Å². The lowest BCUT2D eigenvalue weighted by Gasteiger charge is -2.11. The molecule has 1 unspecified atom stereocenters. The highest BCUT2D eigenvalue weighted by molar-refractivity contribution is 7.85. The Labute approximate surface area is 219 Å². The number of aryl methyl sites for hydroxylation is 1. The molecule has 11 heteroatoms. The minimum atomic E-state index is -4.02. The monoisotopic (exact) mass is 544 g/mol. The third-order valence-corrected chi connectivity index (χ3v) is 5.53. The predicted octanol–water partition coefficient (Wildman–Crippen LogP) is 1.91. The predicted molar refractivity (Wildman–Crippen MR) is 138 cm³/mol. The molecular formula is C26H40O10S. The number of aliphatic hydroxyl groups is 2. The van der Waals surface area contributed by atoms with Gasteiger partial charge in [-0.3, -0.25) is 4.55 Å². The van der Waals surface area contributed by atoms with Gasteiger partial charge in [-0.1, -0.05) is 48.0 Å². The second-order valence-corrected chi connectivity index (χ2v) is 9.30. The molecule has 1 atom stereocenters. The Hall–Kier alpha value is -1.93. The molecule has 0 bridgehead atoms. The smallest absolute Gasteiger partial charge is 0.294 e. The van der Waals surface area contributed by atoms with Crippen LogP contribution in [0.2, 0.25) is 0 Å². The molecule has 0 aliphatic carbocycles. The lowest BCUT2D eigenvalue weighted by molar-refractivity contribution is -0.0218. The van der Waals surface area contributed by atoms with E-state index < -0.39 is 16.2 Å². The molecule has 0 radical (unpaired) electrons. The minimum absolute atomic E-state index is 0.0302. The highest BCUT2D eigenvalue weighted by Gasteiger charge is 2.07. The fourth-order valence-electron chi connectivity index (χ4n) is 2.82. The molecule has 37 heavy (non-hydrogen) atoms. The summed E-state index contributed by atoms with van der Waals surface area (Å²) in [5.74, 6) is 0. The van der Waals surface area contributed by atoms with Gasteiger partial charge in [0, 0.05) is 6.42 Å². The number of hydrogen-bond acceptors (Lipinski definition) is 9. The van der Waals surface area contributed by atoms with Gasteiger partial charge in [0.2, 0.25) is 0 Å². The van der Waals surface area contributed by atoms with E-state index in [1.54, 1.807) is 12.1 Å². The minimum Gasteiger partial charge on any atom is -0.394 e. The first-order valence-electron chi connectivity index (χ1n) is 12.1. The third-order valence-electron chi connectivity index (χ3n) is 4.67. The molecule has 0 saturated carbocycles. The van der Waals surface area contributed by atoms with Gasteiger partial charge in [-0.2, -0.15) is 8.42 Å². The first-order chi connectivity index (χ1) is 17.8. The summed E-state index contributed by atoms with van der Waals surface area (Å²) in [6.45, 7) is 6.41. The highest BCUT2D eigenvalue weighted by atomic mass is 32.2. The number of rotatable bonds is 19. The van der Waals surface area contributed by atoms with Crippen LogP contribution in [0.15, 0.2) is 59.5 Å². The van der Waals surface area contributed by atoms with E-state index >= 15 is 0 Å². The van der Waals surface area contributed by atoms with E-state index in [0.717, 1.165) is 11.1 Å². The van der Waals surface area contributed by atoms with Crippen molar-refractivity contribution < 1.29 is 46.9 Å². The molecule has 2 aromatic rings. The standard InChI is InChI=1S/C19H32O7.C7H8O3S/c20-6-7-22-8-9-23-10-11-24-12-13-25-14-15-26-17-19(21)16-18-4-2-1-3-5-18;1-6-2-4-7(5-3-6)11(8,9)10/h1-5,19-21H,6-17H2;2-5H,1H3,(H,8,9,10). The fourth-order valence-corrected chi connectivity index (χ4v) is 3.30. The van der Waals surface area contributed by atoms with Crippen LogP contribution in [-0.4, -0.2) is 102 Å². The van der Waals surface area contributed by atoms with E-state index in [4.69, 9.17) is 33.3 Å². The highest BCUT2D eigenvalue weighted by Crippen LogP contribution is 2.08. The van der Waals surface area contributed by atoms with E-state index in [1.807, 2.05) is 37.3 Å². The average molecular weight is 545 g/mol. The largest absolute Gasteiger partial charge is 0.394 e. The van der Waals surface area contributed by atoms with Crippen molar-refractivity contribution in [2.45, 2.75) is 24.3 Å². The molecule has 0 saturated heterocycles. The zero-order valence-corrected chi connectivity index (χ0v) is 22.2. The van der Waals surface area contributed by atoms with E-state index in [-0.39, 0.29) is 11.5 Å². The fraction of sp³-hybridized carbons (Fsp3) is 0.538. The molecule has 0 aromatic heterocycles. The maximum atomic E-state index is 10.5. The van der Waals surface area contributed by atoms with Crippen LogP contribution in [-0.2, 0) is 40.2 Å². The lowest BCUT2D eigenvalue weighted by atomic mass is 10.1. The normalized spacial score (nSPS) is 12.1. The summed E-state index contributed by atoms with van der Waals surface area (Å²) in [5.41, 5.74) is 2.05. The molecule has 0 amide bonds. The van der Waals surface area contributed by atoms with Gasteiger partial charge in [-0.05, 0) is 24.6 Å². The van der Waals surface area contributed by atoms with E-state index in [9.17, 15) is 13.5 Å². The van der Waals surface area contributed by atoms with Crippen molar-refractivity contribution in [1.82, 2.24) is 0 Å². The van der Waals surface area contributed by atoms with Gasteiger partial charge in [0.05, 0.1) is 83.7 Å². The molecule has 0 spiro atoms. The summed E-state index contributed by atoms with van der Waals surface area (Å²) in [5, 5.41) is 18.4. The van der Waals surface area contributed by atoms with Crippen LogP contribution in [0.4, 0.5) is 0 Å². The van der Waals surface area contributed by atoms with Crippen LogP contribution < -0.4 is 0 Å². The van der Waals surface area contributed by atoms with Gasteiger partial charge in [0.1, 0.15) is 0 Å². The van der Waals surface area contributed by atoms with Crippen molar-refractivity contribution >= 4 is 10.1 Å². The lowest BCUT2D eigenvalue weighted by Crippen LogP contribution is -2.20. The molecule has 2 rings (SSSR count). The Morgan fingerprint density at radius 2 is 1.16 bits per heavy atom. The quantitative estimate of drug-likeness (QED) is 0.177. The van der Waals surface area contributed by atoms with Crippen LogP contribution >= 0.6 is 0 Å². The second-order valence-electron chi connectivity index (χ2n) is 7.88. The Bertz CT molecular complexity index is 891. The summed E-state index contributed by atoms with van der Waals surface area (Å²) in [6.07, 6.45) is 0.0836. The van der Waals surface area contributed by atoms with Crippen molar-refractivity contribution in [3.63, 3.8) is 0 Å². The van der Waals surface area contributed by atoms with E-state index in [0.29, 0.717) is 72.5 Å². The molecule has 210 valence electrons. The van der Waals surface area contributed by atoms with Crippen LogP contribution in [0, 0.1) is 6.92 Å². The second kappa shape index (κ2) is 21.1. The molecule has 3 N–H and O–H groups in total. The summed E-state index contributed by atoms with van der Waals surface area (Å²) in [7, 11) is -4.02. The van der Waals surface area contributed by atoms with Crippen molar-refractivity contribution in [2.75, 3.05) is 72.7 Å². The first-order valence-corrected chi connectivity index (χ1v) is 13.5. The Balaban J connectivity index is 0.000000516. The zero-order chi connectivity index (χ0) is 27.2. The average Bonchev–Trinajstić information content (AvgIpc) is 2.87. The summed E-state index contributed by atoms with van der Waals surface area (Å²) in [6, 6.07) is 15.8. The molecule has 0 aliphatic heterocycles. The van der Waals surface area contributed by atoms with E-state index in [2.05, 4.69) is 0 Å². The first kappa shape index (κ1) is 33.1. The number of hydrogen-bond donors (Lipinski definition) is 3. The maximum absolute atomic E-state index is 10.5. The Morgan fingerprint density at radius 1 is 0.703 bits per heavy atom. The topological polar surface area (TPSA) is 141 Å². The van der Waals surface area contributed by atoms with Crippen LogP contribution in [0.25, 0.3) is 0 Å². The van der Waals surface area contributed by atoms with Crippen molar-refractivity contribution in [3.05, 3.63) is 65.7 Å². The number of ether oxygens (including phenoxy) is 5. The molecule has 2 aromatic carbocycles. The van der Waals surface area contributed by atoms with Gasteiger partial charge in [0.15, 0.2) is 0 Å². The maximum Gasteiger partial charge on any atom is 0.294 e. The molecular weight excluding hydrogens is 504 g/mol. The van der Waals surface area contributed by atoms with Crippen molar-refractivity contribution in [1.29, 1.82) is 0 Å². The zero-order valence-electron chi connectivity index (χ0n) is 21.4. The summed E-state index contributed by atoms with van der Waals surface area (Å²) in [4.78, 5) is -0.0666. The number of aliphatic hydroxyl groups excluding tert-OH is 2. The van der Waals surface area contributed by atoms with Gasteiger partial charge < -0.3 is 33.9 Å². The summed E-state index contributed by atoms with van der Waals surface area (Å²) < 4.78 is 56.1. The van der Waals surface area contributed by atoms with Gasteiger partial charge in [-0.25, -0.2) is 0 Å². The van der Waals surface area contributed by atoms with Gasteiger partial charge >= 0.3 is 0 Å². The van der Waals surface area contributed by atoms with Crippen molar-refractivity contribution in [3.8, 4) is 0 Å². The van der Waals surface area contributed by atoms with Crippen LogP contribution in [0.3, 0.4) is 0 Å². The molecule has 0 heterocycles. The summed E-state index contributed by atoms with van der Waals surface area (Å²) >= 11 is 0. The SMILES string of the molecule is Cc1ccc(S(=O)(=O)O)cc1.OCCOCCOCCOCCOCCOCC(O)Cc1ccccc1. The third kappa shape index (κ3) is 18.9. The molecule has 0 aliphatic rings. The van der Waals surface area contributed by atoms with Crippen LogP contribution in [0.1, 0.15) is 11.1 Å². The van der Waals surface area contributed by atoms with E-state index in [1.165, 1.54) is 12.1 Å². The molecule has 0 fully saturated rings. The Kier molecular flexibility index (Phi) is 18.8.